The number of nitrogens with one attached hydrogen (secondary N) is 2. The van der Waals surface area contributed by atoms with Gasteiger partial charge >= 0.3 is 6.09 Å². The van der Waals surface area contributed by atoms with Crippen LogP contribution < -0.4 is 10.6 Å². The Hall–Kier alpha value is -3.87. The first-order valence-corrected chi connectivity index (χ1v) is 14.3. The molecule has 220 valence electrons. The molecular weight excluding hydrogens is 514 g/mol. The summed E-state index contributed by atoms with van der Waals surface area (Å²) in [6.45, 7) is 16.9. The molecule has 0 spiro atoms. The maximum Gasteiger partial charge on any atom is 0.408 e. The summed E-state index contributed by atoms with van der Waals surface area (Å²) in [5.74, 6) is -0.890. The smallest absolute Gasteiger partial charge is 0.408 e. The van der Waals surface area contributed by atoms with E-state index in [4.69, 9.17) is 4.74 Å². The third-order valence-electron chi connectivity index (χ3n) is 7.12. The van der Waals surface area contributed by atoms with Crippen molar-refractivity contribution < 1.29 is 19.1 Å². The van der Waals surface area contributed by atoms with Crippen molar-refractivity contribution in [2.75, 3.05) is 5.32 Å². The van der Waals surface area contributed by atoms with E-state index >= 15 is 0 Å². The number of benzene rings is 3. The van der Waals surface area contributed by atoms with Gasteiger partial charge in [0, 0.05) is 11.2 Å². The summed E-state index contributed by atoms with van der Waals surface area (Å²) in [6, 6.07) is 19.4. The molecule has 0 fully saturated rings. The van der Waals surface area contributed by atoms with Gasteiger partial charge in [0.05, 0.1) is 0 Å². The van der Waals surface area contributed by atoms with Gasteiger partial charge in [-0.3, -0.25) is 9.59 Å². The molecule has 2 N–H and O–H groups in total. The molecule has 0 saturated heterocycles. The summed E-state index contributed by atoms with van der Waals surface area (Å²) >= 11 is 0. The number of alkyl carbamates (subject to hydrolysis) is 1. The zero-order valence-electron chi connectivity index (χ0n) is 25.9. The number of fused-ring (bicyclic) bond motifs is 1. The summed E-state index contributed by atoms with van der Waals surface area (Å²) in [5, 5.41) is 7.97. The molecule has 3 atom stereocenters. The number of nitrogens with zero attached hydrogens (tertiary/aromatic N) is 1. The molecule has 0 aromatic heterocycles. The predicted molar refractivity (Wildman–Crippen MR) is 166 cm³/mol. The van der Waals surface area contributed by atoms with E-state index < -0.39 is 29.3 Å². The summed E-state index contributed by atoms with van der Waals surface area (Å²) in [5.41, 5.74) is 0.744. The summed E-state index contributed by atoms with van der Waals surface area (Å²) in [6.07, 6.45) is -0.0271. The Labute approximate surface area is 244 Å². The third kappa shape index (κ3) is 8.09. The van der Waals surface area contributed by atoms with Crippen LogP contribution >= 0.6 is 0 Å². The molecule has 41 heavy (non-hydrogen) atoms. The first-order valence-electron chi connectivity index (χ1n) is 14.3. The molecular formula is C34H45N3O4. The molecule has 0 radical (unpaired) electrons. The fourth-order valence-electron chi connectivity index (χ4n) is 4.88. The standard InChI is InChI=1S/C34H45N3O4/c1-10-22(2)28(36-32(40)41-34(7,8)9)31(39)37(33(4,5)6)29(27-18-14-11-15-23(27)3)30(38)35-26-20-19-24-16-12-13-17-25(24)21-26/h11-22,28-29H,10H2,1-9H3,(H,35,38)(H,36,40). The van der Waals surface area contributed by atoms with Crippen LogP contribution in [0.2, 0.25) is 0 Å². The molecule has 3 unspecified atom stereocenters. The number of carbonyl (C=O) groups excluding carboxylic acids is 3. The van der Waals surface area contributed by atoms with Crippen LogP contribution in [0.3, 0.4) is 0 Å². The summed E-state index contributed by atoms with van der Waals surface area (Å²) < 4.78 is 5.50. The number of carbonyl (C=O) groups is 3. The topological polar surface area (TPSA) is 87.7 Å². The molecule has 0 bridgehead atoms. The highest BCUT2D eigenvalue weighted by Crippen LogP contribution is 2.34. The summed E-state index contributed by atoms with van der Waals surface area (Å²) in [4.78, 5) is 43.2. The number of rotatable bonds is 8. The van der Waals surface area contributed by atoms with Crippen LogP contribution in [-0.2, 0) is 14.3 Å². The number of hydrogen-bond donors (Lipinski definition) is 2. The van der Waals surface area contributed by atoms with Crippen molar-refractivity contribution in [1.82, 2.24) is 10.2 Å². The van der Waals surface area contributed by atoms with Crippen LogP contribution in [0.25, 0.3) is 10.8 Å². The minimum atomic E-state index is -0.956. The molecule has 7 heteroatoms. The second-order valence-electron chi connectivity index (χ2n) is 12.7. The monoisotopic (exact) mass is 559 g/mol. The lowest BCUT2D eigenvalue weighted by atomic mass is 9.90. The molecule has 3 aromatic rings. The zero-order chi connectivity index (χ0) is 30.5. The average molecular weight is 560 g/mol. The van der Waals surface area contributed by atoms with Gasteiger partial charge in [-0.15, -0.1) is 0 Å². The Kier molecular flexibility index (Phi) is 9.85. The van der Waals surface area contributed by atoms with Crippen molar-refractivity contribution in [2.24, 2.45) is 5.92 Å². The van der Waals surface area contributed by atoms with E-state index in [1.165, 1.54) is 0 Å². The number of aryl methyl sites for hydroxylation is 1. The number of hydrogen-bond acceptors (Lipinski definition) is 4. The van der Waals surface area contributed by atoms with E-state index in [2.05, 4.69) is 10.6 Å². The largest absolute Gasteiger partial charge is 0.444 e. The van der Waals surface area contributed by atoms with Crippen LogP contribution in [0, 0.1) is 12.8 Å². The quantitative estimate of drug-likeness (QED) is 0.301. The molecule has 0 aliphatic carbocycles. The first kappa shape index (κ1) is 31.7. The van der Waals surface area contributed by atoms with Gasteiger partial charge in [-0.1, -0.05) is 74.9 Å². The van der Waals surface area contributed by atoms with Gasteiger partial charge in [0.1, 0.15) is 17.7 Å². The van der Waals surface area contributed by atoms with Crippen LogP contribution in [0.5, 0.6) is 0 Å². The van der Waals surface area contributed by atoms with E-state index in [1.807, 2.05) is 108 Å². The predicted octanol–water partition coefficient (Wildman–Crippen LogP) is 7.39. The van der Waals surface area contributed by atoms with Crippen molar-refractivity contribution in [1.29, 1.82) is 0 Å². The third-order valence-corrected chi connectivity index (χ3v) is 7.12. The average Bonchev–Trinajstić information content (AvgIpc) is 2.88. The van der Waals surface area contributed by atoms with Gasteiger partial charge in [0.2, 0.25) is 5.91 Å². The van der Waals surface area contributed by atoms with E-state index in [0.29, 0.717) is 17.7 Å². The lowest BCUT2D eigenvalue weighted by Crippen LogP contribution is -2.59. The molecule has 3 aromatic carbocycles. The Morgan fingerprint density at radius 2 is 1.49 bits per heavy atom. The lowest BCUT2D eigenvalue weighted by Gasteiger charge is -2.44. The van der Waals surface area contributed by atoms with Gasteiger partial charge in [0.25, 0.3) is 5.91 Å². The second kappa shape index (κ2) is 12.8. The maximum absolute atomic E-state index is 14.5. The minimum absolute atomic E-state index is 0.207. The van der Waals surface area contributed by atoms with Crippen molar-refractivity contribution in [3.8, 4) is 0 Å². The lowest BCUT2D eigenvalue weighted by molar-refractivity contribution is -0.148. The fourth-order valence-corrected chi connectivity index (χ4v) is 4.88. The molecule has 7 nitrogen and oxygen atoms in total. The van der Waals surface area contributed by atoms with Crippen molar-refractivity contribution in [3.05, 3.63) is 77.9 Å². The van der Waals surface area contributed by atoms with Gasteiger partial charge < -0.3 is 20.3 Å². The van der Waals surface area contributed by atoms with Gasteiger partial charge in [-0.2, -0.15) is 0 Å². The molecule has 3 rings (SSSR count). The van der Waals surface area contributed by atoms with E-state index in [0.717, 1.165) is 16.3 Å². The van der Waals surface area contributed by atoms with Gasteiger partial charge in [0.15, 0.2) is 0 Å². The fraction of sp³-hybridized carbons (Fsp3) is 0.441. The van der Waals surface area contributed by atoms with Gasteiger partial charge in [-0.25, -0.2) is 4.79 Å². The van der Waals surface area contributed by atoms with Crippen LogP contribution in [-0.4, -0.2) is 40.0 Å². The van der Waals surface area contributed by atoms with Crippen molar-refractivity contribution in [3.63, 3.8) is 0 Å². The highest BCUT2D eigenvalue weighted by atomic mass is 16.6. The van der Waals surface area contributed by atoms with Crippen LogP contribution in [0.4, 0.5) is 10.5 Å². The highest BCUT2D eigenvalue weighted by Gasteiger charge is 2.43. The molecule has 3 amide bonds. The van der Waals surface area contributed by atoms with Crippen LogP contribution in [0.15, 0.2) is 66.7 Å². The Bertz CT molecular complexity index is 1390. The number of ether oxygens (including phenoxy) is 1. The Morgan fingerprint density at radius 3 is 2.07 bits per heavy atom. The SMILES string of the molecule is CCC(C)C(NC(=O)OC(C)(C)C)C(=O)N(C(C(=O)Nc1ccc2ccccc2c1)c1ccccc1C)C(C)(C)C. The number of anilines is 1. The molecule has 0 aliphatic heterocycles. The Morgan fingerprint density at radius 1 is 0.878 bits per heavy atom. The van der Waals surface area contributed by atoms with Crippen LogP contribution in [0.1, 0.15) is 79.0 Å². The Balaban J connectivity index is 2.09. The number of amides is 3. The normalized spacial score (nSPS) is 14.1. The first-order chi connectivity index (χ1) is 19.1. The van der Waals surface area contributed by atoms with Crippen molar-refractivity contribution in [2.45, 2.75) is 92.0 Å². The maximum atomic E-state index is 14.5. The van der Waals surface area contributed by atoms with Crippen molar-refractivity contribution >= 4 is 34.4 Å². The summed E-state index contributed by atoms with van der Waals surface area (Å²) in [7, 11) is 0. The van der Waals surface area contributed by atoms with E-state index in [1.54, 1.807) is 25.7 Å². The van der Waals surface area contributed by atoms with Gasteiger partial charge in [-0.05, 0) is 88.4 Å². The van der Waals surface area contributed by atoms with E-state index in [-0.39, 0.29) is 17.7 Å². The molecule has 0 heterocycles. The highest BCUT2D eigenvalue weighted by molar-refractivity contribution is 6.00. The molecule has 0 saturated carbocycles. The second-order valence-corrected chi connectivity index (χ2v) is 12.7. The zero-order valence-corrected chi connectivity index (χ0v) is 25.9. The minimum Gasteiger partial charge on any atom is -0.444 e. The molecule has 0 aliphatic rings. The van der Waals surface area contributed by atoms with E-state index in [9.17, 15) is 14.4 Å².